The zero-order chi connectivity index (χ0) is 7.49. The minimum atomic E-state index is -1.09. The summed E-state index contributed by atoms with van der Waals surface area (Å²) < 4.78 is -1.09. The summed E-state index contributed by atoms with van der Waals surface area (Å²) in [5.74, 6) is -0.971. The van der Waals surface area contributed by atoms with Crippen LogP contribution < -0.4 is 6.15 Å². The Balaban J connectivity index is -0.000000320. The minimum Gasteiger partial charge on any atom is -0.481 e. The van der Waals surface area contributed by atoms with E-state index in [2.05, 4.69) is 0 Å². The predicted octanol–water partition coefficient (Wildman–Crippen LogP) is 1.38. The number of carbonyl (C=O) groups is 1. The van der Waals surface area contributed by atoms with E-state index in [-0.39, 0.29) is 18.0 Å². The van der Waals surface area contributed by atoms with Crippen LogP contribution in [0.5, 0.6) is 0 Å². The Morgan fingerprint density at radius 2 is 1.91 bits per heavy atom. The average molecular weight is 206 g/mol. The van der Waals surface area contributed by atoms with Gasteiger partial charge in [0.15, 0.2) is 0 Å². The fraction of sp³-hybridized carbons (Fsp3) is 0.800. The Morgan fingerprint density at radius 1 is 1.55 bits per heavy atom. The van der Waals surface area contributed by atoms with Crippen LogP contribution in [0.15, 0.2) is 0 Å². The number of rotatable bonds is 3. The molecule has 0 saturated heterocycles. The summed E-state index contributed by atoms with van der Waals surface area (Å²) in [4.78, 5) is 10.0. The van der Waals surface area contributed by atoms with Crippen LogP contribution in [0.3, 0.4) is 0 Å². The number of alkyl halides is 2. The molecule has 0 spiro atoms. The Bertz CT molecular complexity index is 118. The van der Waals surface area contributed by atoms with Crippen LogP contribution >= 0.6 is 23.2 Å². The molecule has 6 heteroatoms. The van der Waals surface area contributed by atoms with Crippen molar-refractivity contribution in [2.24, 2.45) is 0 Å². The van der Waals surface area contributed by atoms with E-state index >= 15 is 0 Å². The monoisotopic (exact) mass is 205 g/mol. The van der Waals surface area contributed by atoms with E-state index in [1.807, 2.05) is 0 Å². The van der Waals surface area contributed by atoms with Gasteiger partial charge in [0.1, 0.15) is 4.33 Å². The lowest BCUT2D eigenvalue weighted by atomic mass is 10.2. The van der Waals surface area contributed by atoms with Crippen molar-refractivity contribution in [1.29, 1.82) is 0 Å². The number of hydrogen-bond acceptors (Lipinski definition) is 2. The molecule has 70 valence electrons. The van der Waals surface area contributed by atoms with Crippen LogP contribution in [0.1, 0.15) is 19.8 Å². The van der Waals surface area contributed by atoms with Crippen molar-refractivity contribution in [3.63, 3.8) is 0 Å². The highest BCUT2D eigenvalue weighted by molar-refractivity contribution is 6.49. The smallest absolute Gasteiger partial charge is 0.306 e. The molecule has 0 aliphatic rings. The molecule has 0 atom stereocenters. The first-order chi connectivity index (χ1) is 3.98. The van der Waals surface area contributed by atoms with Crippen molar-refractivity contribution in [2.75, 3.05) is 0 Å². The van der Waals surface area contributed by atoms with Gasteiger partial charge in [0.25, 0.3) is 0 Å². The van der Waals surface area contributed by atoms with Gasteiger partial charge in [0.05, 0.1) is 6.42 Å². The van der Waals surface area contributed by atoms with Crippen molar-refractivity contribution < 1.29 is 15.4 Å². The van der Waals surface area contributed by atoms with Gasteiger partial charge in [-0.25, -0.2) is 0 Å². The molecule has 0 aromatic heterocycles. The van der Waals surface area contributed by atoms with Crippen molar-refractivity contribution in [1.82, 2.24) is 6.15 Å². The van der Waals surface area contributed by atoms with Crippen molar-refractivity contribution in [2.45, 2.75) is 24.1 Å². The predicted molar refractivity (Wildman–Crippen MR) is 45.6 cm³/mol. The van der Waals surface area contributed by atoms with Gasteiger partial charge in [-0.2, -0.15) is 0 Å². The van der Waals surface area contributed by atoms with Crippen LogP contribution in [0.2, 0.25) is 0 Å². The van der Waals surface area contributed by atoms with Gasteiger partial charge in [-0.3, -0.25) is 4.79 Å². The molecule has 0 aliphatic carbocycles. The molecule has 0 aromatic rings. The molecule has 0 bridgehead atoms. The van der Waals surface area contributed by atoms with Crippen molar-refractivity contribution in [3.05, 3.63) is 0 Å². The molecule has 6 N–H and O–H groups in total. The Morgan fingerprint density at radius 3 is 2.00 bits per heavy atom. The van der Waals surface area contributed by atoms with E-state index in [9.17, 15) is 4.79 Å². The third-order valence-electron chi connectivity index (χ3n) is 0.927. The van der Waals surface area contributed by atoms with Crippen LogP contribution in [0, 0.1) is 0 Å². The number of halogens is 2. The molecule has 0 radical (unpaired) electrons. The molecule has 0 fully saturated rings. The molecule has 11 heavy (non-hydrogen) atoms. The van der Waals surface area contributed by atoms with E-state index in [4.69, 9.17) is 28.3 Å². The van der Waals surface area contributed by atoms with Crippen LogP contribution in [0.4, 0.5) is 0 Å². The molecule has 0 aliphatic heterocycles. The number of hydrogen-bond donors (Lipinski definition) is 2. The highest BCUT2D eigenvalue weighted by Gasteiger charge is 2.24. The maximum Gasteiger partial charge on any atom is 0.306 e. The van der Waals surface area contributed by atoms with Crippen molar-refractivity contribution in [3.8, 4) is 0 Å². The second-order valence-electron chi connectivity index (χ2n) is 1.78. The summed E-state index contributed by atoms with van der Waals surface area (Å²) in [6, 6.07) is 0. The van der Waals surface area contributed by atoms with Gasteiger partial charge in [-0.1, -0.05) is 6.92 Å². The van der Waals surface area contributed by atoms with Gasteiger partial charge in [0.2, 0.25) is 0 Å². The standard InChI is InChI=1S/C5H8Cl2O2.H3N.H2O/c1-2-5(6,7)3-4(8)9;;/h2-3H2,1H3,(H,8,9);1H3;1H2. The first-order valence-corrected chi connectivity index (χ1v) is 3.33. The van der Waals surface area contributed by atoms with Gasteiger partial charge < -0.3 is 16.7 Å². The van der Waals surface area contributed by atoms with E-state index in [0.717, 1.165) is 0 Å². The van der Waals surface area contributed by atoms with Gasteiger partial charge in [-0.15, -0.1) is 23.2 Å². The van der Waals surface area contributed by atoms with E-state index < -0.39 is 10.3 Å². The normalized spacial score (nSPS) is 9.36. The highest BCUT2D eigenvalue weighted by Crippen LogP contribution is 2.28. The molecule has 0 rings (SSSR count). The molecular weight excluding hydrogens is 193 g/mol. The lowest BCUT2D eigenvalue weighted by molar-refractivity contribution is -0.137. The van der Waals surface area contributed by atoms with Crippen LogP contribution in [-0.4, -0.2) is 20.9 Å². The lowest BCUT2D eigenvalue weighted by Crippen LogP contribution is -2.16. The summed E-state index contributed by atoms with van der Waals surface area (Å²) in [5, 5.41) is 8.21. The third kappa shape index (κ3) is 9.97. The van der Waals surface area contributed by atoms with Gasteiger partial charge in [-0.05, 0) is 6.42 Å². The third-order valence-corrected chi connectivity index (χ3v) is 1.73. The summed E-state index contributed by atoms with van der Waals surface area (Å²) in [7, 11) is 0. The minimum absolute atomic E-state index is 0. The summed E-state index contributed by atoms with van der Waals surface area (Å²) in [6.45, 7) is 1.74. The zero-order valence-electron chi connectivity index (χ0n) is 6.23. The lowest BCUT2D eigenvalue weighted by Gasteiger charge is -2.12. The van der Waals surface area contributed by atoms with Gasteiger partial charge in [0, 0.05) is 0 Å². The molecule has 4 nitrogen and oxygen atoms in total. The van der Waals surface area contributed by atoms with Crippen molar-refractivity contribution >= 4 is 29.2 Å². The van der Waals surface area contributed by atoms with Crippen LogP contribution in [0.25, 0.3) is 0 Å². The highest BCUT2D eigenvalue weighted by atomic mass is 35.5. The summed E-state index contributed by atoms with van der Waals surface area (Å²) in [5.41, 5.74) is 0. The summed E-state index contributed by atoms with van der Waals surface area (Å²) >= 11 is 11.0. The molecule has 0 unspecified atom stereocenters. The second-order valence-corrected chi connectivity index (χ2v) is 3.42. The molecule has 0 saturated carbocycles. The number of aliphatic carboxylic acids is 1. The van der Waals surface area contributed by atoms with Crippen LogP contribution in [-0.2, 0) is 4.79 Å². The first-order valence-electron chi connectivity index (χ1n) is 2.57. The summed E-state index contributed by atoms with van der Waals surface area (Å²) in [6.07, 6.45) is 0.245. The fourth-order valence-electron chi connectivity index (χ4n) is 0.346. The zero-order valence-corrected chi connectivity index (χ0v) is 7.74. The fourth-order valence-corrected chi connectivity index (χ4v) is 0.575. The molecule has 0 amide bonds. The topological polar surface area (TPSA) is 104 Å². The Kier molecular flexibility index (Phi) is 10.4. The molecule has 0 aromatic carbocycles. The van der Waals surface area contributed by atoms with E-state index in [0.29, 0.717) is 6.42 Å². The average Bonchev–Trinajstić information content (AvgIpc) is 1.63. The van der Waals surface area contributed by atoms with Gasteiger partial charge >= 0.3 is 5.97 Å². The van der Waals surface area contributed by atoms with E-state index in [1.54, 1.807) is 6.92 Å². The molecular formula is C5H13Cl2NO3. The second kappa shape index (κ2) is 6.67. The SMILES string of the molecule is CCC(Cl)(Cl)CC(=O)O.N.O. The molecule has 0 heterocycles. The maximum atomic E-state index is 10.0. The maximum absolute atomic E-state index is 10.0. The number of carboxylic acids is 1. The first kappa shape index (κ1) is 17.2. The number of carboxylic acid groups (broad SMARTS) is 1. The largest absolute Gasteiger partial charge is 0.481 e. The Hall–Kier alpha value is -0.0300. The quantitative estimate of drug-likeness (QED) is 0.681. The Labute approximate surface area is 75.4 Å². The van der Waals surface area contributed by atoms with E-state index in [1.165, 1.54) is 0 Å².